The number of hydrogen-bond donors (Lipinski definition) is 2. The second-order valence-corrected chi connectivity index (χ2v) is 5.33. The van der Waals surface area contributed by atoms with Crippen molar-refractivity contribution in [1.82, 2.24) is 4.98 Å². The van der Waals surface area contributed by atoms with Crippen LogP contribution in [0.1, 0.15) is 10.6 Å². The summed E-state index contributed by atoms with van der Waals surface area (Å²) < 4.78 is 5.71. The average molecular weight is 316 g/mol. The first-order valence-corrected chi connectivity index (χ1v) is 6.43. The summed E-state index contributed by atoms with van der Waals surface area (Å²) >= 11 is 4.59. The van der Waals surface area contributed by atoms with Gasteiger partial charge in [-0.2, -0.15) is 0 Å². The van der Waals surface area contributed by atoms with Crippen LogP contribution in [0.25, 0.3) is 0 Å². The van der Waals surface area contributed by atoms with Gasteiger partial charge in [-0.1, -0.05) is 0 Å². The first-order chi connectivity index (χ1) is 8.04. The normalized spacial score (nSPS) is 10.3. The van der Waals surface area contributed by atoms with Crippen LogP contribution in [-0.4, -0.2) is 11.0 Å². The number of aromatic nitrogens is 1. The highest BCUT2D eigenvalue weighted by Crippen LogP contribution is 2.22. The SMILES string of the molecule is Cc1nc(NC(=O)Nc2ccc(Br)o2)sc1C. The molecule has 17 heavy (non-hydrogen) atoms. The van der Waals surface area contributed by atoms with E-state index in [0.717, 1.165) is 10.6 Å². The Morgan fingerprint density at radius 1 is 1.41 bits per heavy atom. The van der Waals surface area contributed by atoms with Crippen LogP contribution in [0.2, 0.25) is 0 Å². The third-order valence-corrected chi connectivity index (χ3v) is 3.47. The van der Waals surface area contributed by atoms with E-state index in [-0.39, 0.29) is 6.03 Å². The topological polar surface area (TPSA) is 67.2 Å². The molecule has 0 aliphatic heterocycles. The van der Waals surface area contributed by atoms with E-state index in [9.17, 15) is 4.79 Å². The number of urea groups is 1. The van der Waals surface area contributed by atoms with Crippen LogP contribution in [0.15, 0.2) is 21.2 Å². The summed E-state index contributed by atoms with van der Waals surface area (Å²) in [5, 5.41) is 5.78. The Kier molecular flexibility index (Phi) is 3.49. The van der Waals surface area contributed by atoms with Crippen LogP contribution in [0.5, 0.6) is 0 Å². The maximum Gasteiger partial charge on any atom is 0.327 e. The van der Waals surface area contributed by atoms with E-state index >= 15 is 0 Å². The van der Waals surface area contributed by atoms with Crippen molar-refractivity contribution in [2.45, 2.75) is 13.8 Å². The molecule has 2 aromatic heterocycles. The van der Waals surface area contributed by atoms with E-state index in [2.05, 4.69) is 31.5 Å². The highest BCUT2D eigenvalue weighted by molar-refractivity contribution is 9.10. The second-order valence-electron chi connectivity index (χ2n) is 3.34. The van der Waals surface area contributed by atoms with Crippen molar-refractivity contribution in [1.29, 1.82) is 0 Å². The third-order valence-electron chi connectivity index (χ3n) is 2.06. The predicted octanol–water partition coefficient (Wildman–Crippen LogP) is 3.76. The number of halogens is 1. The first-order valence-electron chi connectivity index (χ1n) is 4.82. The minimum absolute atomic E-state index is 0.374. The number of thiazole rings is 1. The fourth-order valence-corrected chi connectivity index (χ4v) is 2.26. The summed E-state index contributed by atoms with van der Waals surface area (Å²) in [6.07, 6.45) is 0. The summed E-state index contributed by atoms with van der Waals surface area (Å²) in [5.41, 5.74) is 0.922. The van der Waals surface area contributed by atoms with Crippen molar-refractivity contribution in [2.24, 2.45) is 0 Å². The first kappa shape index (κ1) is 12.1. The lowest BCUT2D eigenvalue weighted by Crippen LogP contribution is -2.18. The molecule has 90 valence electrons. The zero-order chi connectivity index (χ0) is 12.4. The molecule has 0 aliphatic carbocycles. The van der Waals surface area contributed by atoms with Crippen LogP contribution in [0, 0.1) is 13.8 Å². The summed E-state index contributed by atoms with van der Waals surface area (Å²) in [5.74, 6) is 0.374. The lowest BCUT2D eigenvalue weighted by Gasteiger charge is -2.01. The number of nitrogens with zero attached hydrogens (tertiary/aromatic N) is 1. The Morgan fingerprint density at radius 2 is 2.18 bits per heavy atom. The smallest absolute Gasteiger partial charge is 0.327 e. The quantitative estimate of drug-likeness (QED) is 0.886. The van der Waals surface area contributed by atoms with Gasteiger partial charge >= 0.3 is 6.03 Å². The van der Waals surface area contributed by atoms with Gasteiger partial charge in [0, 0.05) is 10.9 Å². The largest absolute Gasteiger partial charge is 0.434 e. The number of nitrogens with one attached hydrogen (secondary N) is 2. The van der Waals surface area contributed by atoms with Gasteiger partial charge in [0.2, 0.25) is 5.88 Å². The van der Waals surface area contributed by atoms with E-state index in [1.807, 2.05) is 13.8 Å². The van der Waals surface area contributed by atoms with Crippen LogP contribution >= 0.6 is 27.3 Å². The highest BCUT2D eigenvalue weighted by Gasteiger charge is 2.09. The Labute approximate surface area is 110 Å². The fourth-order valence-electron chi connectivity index (χ4n) is 1.15. The molecule has 2 amide bonds. The van der Waals surface area contributed by atoms with Crippen molar-refractivity contribution < 1.29 is 9.21 Å². The molecule has 0 aliphatic rings. The minimum atomic E-state index is -0.374. The number of carbonyl (C=O) groups excluding carboxylic acids is 1. The summed E-state index contributed by atoms with van der Waals surface area (Å²) in [6.45, 7) is 3.86. The molecule has 0 saturated carbocycles. The molecule has 2 aromatic rings. The Balaban J connectivity index is 1.97. The number of furan rings is 1. The van der Waals surface area contributed by atoms with Crippen molar-refractivity contribution in [3.63, 3.8) is 0 Å². The molecule has 0 aromatic carbocycles. The molecular weight excluding hydrogens is 306 g/mol. The average Bonchev–Trinajstić information content (AvgIpc) is 2.75. The number of rotatable bonds is 2. The number of anilines is 2. The van der Waals surface area contributed by atoms with Crippen molar-refractivity contribution in [2.75, 3.05) is 10.6 Å². The molecule has 5 nitrogen and oxygen atoms in total. The van der Waals surface area contributed by atoms with Crippen LogP contribution in [-0.2, 0) is 0 Å². The number of aryl methyl sites for hydroxylation is 2. The van der Waals surface area contributed by atoms with E-state index in [1.54, 1.807) is 12.1 Å². The Morgan fingerprint density at radius 3 is 2.71 bits per heavy atom. The lowest BCUT2D eigenvalue weighted by atomic mass is 10.4. The van der Waals surface area contributed by atoms with Crippen molar-refractivity contribution >= 4 is 44.3 Å². The van der Waals surface area contributed by atoms with Gasteiger partial charge in [-0.15, -0.1) is 11.3 Å². The summed E-state index contributed by atoms with van der Waals surface area (Å²) in [7, 11) is 0. The zero-order valence-corrected chi connectivity index (χ0v) is 11.6. The van der Waals surface area contributed by atoms with Crippen molar-refractivity contribution in [3.8, 4) is 0 Å². The summed E-state index contributed by atoms with van der Waals surface area (Å²) in [6, 6.07) is 2.98. The number of hydrogen-bond acceptors (Lipinski definition) is 4. The predicted molar refractivity (Wildman–Crippen MR) is 70.6 cm³/mol. The molecule has 7 heteroatoms. The van der Waals surface area contributed by atoms with Crippen LogP contribution in [0.3, 0.4) is 0 Å². The van der Waals surface area contributed by atoms with Gasteiger partial charge in [0.15, 0.2) is 9.80 Å². The maximum atomic E-state index is 11.6. The Bertz CT molecular complexity index is 530. The fraction of sp³-hybridized carbons (Fsp3) is 0.200. The third kappa shape index (κ3) is 3.07. The van der Waals surface area contributed by atoms with E-state index < -0.39 is 0 Å². The molecule has 2 heterocycles. The van der Waals surface area contributed by atoms with E-state index in [0.29, 0.717) is 15.7 Å². The molecule has 0 radical (unpaired) electrons. The van der Waals surface area contributed by atoms with Gasteiger partial charge in [-0.25, -0.2) is 9.78 Å². The molecule has 2 N–H and O–H groups in total. The molecular formula is C10H10BrN3O2S. The summed E-state index contributed by atoms with van der Waals surface area (Å²) in [4.78, 5) is 16.9. The molecule has 0 unspecified atom stereocenters. The van der Waals surface area contributed by atoms with Crippen LogP contribution < -0.4 is 10.6 Å². The van der Waals surface area contributed by atoms with Gasteiger partial charge in [-0.3, -0.25) is 10.6 Å². The lowest BCUT2D eigenvalue weighted by molar-refractivity contribution is 0.261. The van der Waals surface area contributed by atoms with Gasteiger partial charge in [-0.05, 0) is 35.8 Å². The second kappa shape index (κ2) is 4.89. The zero-order valence-electron chi connectivity index (χ0n) is 9.20. The van der Waals surface area contributed by atoms with Gasteiger partial charge < -0.3 is 4.42 Å². The monoisotopic (exact) mass is 315 g/mol. The molecule has 0 bridgehead atoms. The Hall–Kier alpha value is -1.34. The molecule has 0 spiro atoms. The molecule has 0 atom stereocenters. The standard InChI is InChI=1S/C10H10BrN3O2S/c1-5-6(2)17-10(12-5)14-9(15)13-8-4-3-7(11)16-8/h3-4H,1-2H3,(H2,12,13,14,15). The van der Waals surface area contributed by atoms with Crippen molar-refractivity contribution in [3.05, 3.63) is 27.4 Å². The number of amides is 2. The highest BCUT2D eigenvalue weighted by atomic mass is 79.9. The van der Waals surface area contributed by atoms with Gasteiger partial charge in [0.05, 0.1) is 5.69 Å². The van der Waals surface area contributed by atoms with E-state index in [1.165, 1.54) is 11.3 Å². The maximum absolute atomic E-state index is 11.6. The molecule has 0 saturated heterocycles. The van der Waals surface area contributed by atoms with E-state index in [4.69, 9.17) is 4.42 Å². The van der Waals surface area contributed by atoms with Gasteiger partial charge in [0.1, 0.15) is 0 Å². The minimum Gasteiger partial charge on any atom is -0.434 e. The van der Waals surface area contributed by atoms with Crippen LogP contribution in [0.4, 0.5) is 15.8 Å². The molecule has 0 fully saturated rings. The van der Waals surface area contributed by atoms with Gasteiger partial charge in [0.25, 0.3) is 0 Å². The number of carbonyl (C=O) groups is 1. The molecule has 2 rings (SSSR count).